The van der Waals surface area contributed by atoms with Gasteiger partial charge in [0.2, 0.25) is 0 Å². The molecule has 1 unspecified atom stereocenters. The molecule has 1 aromatic carbocycles. The third-order valence-corrected chi connectivity index (χ3v) is 3.09. The molecule has 0 spiro atoms. The van der Waals surface area contributed by atoms with Crippen molar-refractivity contribution in [3.63, 3.8) is 0 Å². The van der Waals surface area contributed by atoms with E-state index in [1.54, 1.807) is 13.2 Å². The van der Waals surface area contributed by atoms with E-state index >= 15 is 0 Å². The number of aromatic nitrogens is 1. The van der Waals surface area contributed by atoms with Crippen molar-refractivity contribution >= 4 is 17.5 Å². The zero-order valence-corrected chi connectivity index (χ0v) is 11.8. The lowest BCUT2D eigenvalue weighted by Crippen LogP contribution is -2.27. The number of methoxy groups -OCH3 is 1. The monoisotopic (exact) mass is 294 g/mol. The van der Waals surface area contributed by atoms with Gasteiger partial charge in [0, 0.05) is 19.7 Å². The number of carbonyl (C=O) groups is 1. The molecule has 2 rings (SSSR count). The maximum Gasteiger partial charge on any atom is 0.273 e. The molecule has 20 heavy (non-hydrogen) atoms. The van der Waals surface area contributed by atoms with Crippen molar-refractivity contribution in [3.8, 4) is 0 Å². The molecular formula is C14H15ClN2O3. The molecule has 0 aliphatic carbocycles. The molecule has 0 fully saturated rings. The molecule has 1 atom stereocenters. The SMILES string of the molecule is COCc1cc(C(=O)NCC(Cl)c2ccccc2)no1. The molecule has 0 bridgehead atoms. The lowest BCUT2D eigenvalue weighted by molar-refractivity contribution is 0.0943. The minimum absolute atomic E-state index is 0.217. The summed E-state index contributed by atoms with van der Waals surface area (Å²) in [5.41, 5.74) is 1.17. The van der Waals surface area contributed by atoms with E-state index in [4.69, 9.17) is 20.9 Å². The van der Waals surface area contributed by atoms with Crippen LogP contribution in [0.4, 0.5) is 0 Å². The molecule has 1 N–H and O–H groups in total. The summed E-state index contributed by atoms with van der Waals surface area (Å²) in [6.07, 6.45) is 0. The van der Waals surface area contributed by atoms with Crippen LogP contribution in [0.15, 0.2) is 40.9 Å². The van der Waals surface area contributed by atoms with Crippen LogP contribution in [0.5, 0.6) is 0 Å². The van der Waals surface area contributed by atoms with Crippen molar-refractivity contribution < 1.29 is 14.1 Å². The number of nitrogens with one attached hydrogen (secondary N) is 1. The summed E-state index contributed by atoms with van der Waals surface area (Å²) in [5.74, 6) is 0.181. The van der Waals surface area contributed by atoms with E-state index in [9.17, 15) is 4.79 Å². The number of hydrogen-bond donors (Lipinski definition) is 1. The summed E-state index contributed by atoms with van der Waals surface area (Å²) in [6.45, 7) is 0.597. The number of carbonyl (C=O) groups excluding carboxylic acids is 1. The second kappa shape index (κ2) is 7.07. The first-order valence-corrected chi connectivity index (χ1v) is 6.56. The zero-order chi connectivity index (χ0) is 14.4. The van der Waals surface area contributed by atoms with Gasteiger partial charge >= 0.3 is 0 Å². The Morgan fingerprint density at radius 2 is 2.20 bits per heavy atom. The number of halogens is 1. The Morgan fingerprint density at radius 1 is 1.45 bits per heavy atom. The second-order valence-corrected chi connectivity index (χ2v) is 4.73. The Kier molecular flexibility index (Phi) is 5.15. The molecule has 0 aliphatic heterocycles. The van der Waals surface area contributed by atoms with E-state index < -0.39 is 0 Å². The van der Waals surface area contributed by atoms with Crippen molar-refractivity contribution in [1.82, 2.24) is 10.5 Å². The van der Waals surface area contributed by atoms with Gasteiger partial charge in [0.25, 0.3) is 5.91 Å². The maximum absolute atomic E-state index is 11.9. The van der Waals surface area contributed by atoms with Gasteiger partial charge in [-0.3, -0.25) is 4.79 Å². The molecule has 0 saturated carbocycles. The van der Waals surface area contributed by atoms with Gasteiger partial charge in [-0.1, -0.05) is 35.5 Å². The fraction of sp³-hybridized carbons (Fsp3) is 0.286. The smallest absolute Gasteiger partial charge is 0.273 e. The number of alkyl halides is 1. The first-order chi connectivity index (χ1) is 9.70. The molecule has 106 valence electrons. The normalized spacial score (nSPS) is 12.1. The van der Waals surface area contributed by atoms with Crippen LogP contribution in [0.2, 0.25) is 0 Å². The Morgan fingerprint density at radius 3 is 2.90 bits per heavy atom. The fourth-order valence-electron chi connectivity index (χ4n) is 1.68. The first-order valence-electron chi connectivity index (χ1n) is 6.12. The van der Waals surface area contributed by atoms with Gasteiger partial charge in [0.1, 0.15) is 6.61 Å². The summed E-state index contributed by atoms with van der Waals surface area (Å²) >= 11 is 6.21. The minimum Gasteiger partial charge on any atom is -0.377 e. The van der Waals surface area contributed by atoms with Crippen LogP contribution in [0.25, 0.3) is 0 Å². The lowest BCUT2D eigenvalue weighted by Gasteiger charge is -2.10. The molecule has 1 amide bonds. The molecule has 0 aliphatic rings. The van der Waals surface area contributed by atoms with Gasteiger partial charge in [0.15, 0.2) is 11.5 Å². The molecule has 5 nitrogen and oxygen atoms in total. The van der Waals surface area contributed by atoms with Crippen molar-refractivity contribution in [3.05, 3.63) is 53.4 Å². The van der Waals surface area contributed by atoms with Gasteiger partial charge in [-0.15, -0.1) is 11.6 Å². The fourth-order valence-corrected chi connectivity index (χ4v) is 1.91. The van der Waals surface area contributed by atoms with Gasteiger partial charge in [-0.05, 0) is 5.56 Å². The predicted octanol–water partition coefficient (Wildman–Crippen LogP) is 2.53. The summed E-state index contributed by atoms with van der Waals surface area (Å²) in [7, 11) is 1.54. The number of benzene rings is 1. The van der Waals surface area contributed by atoms with Crippen LogP contribution >= 0.6 is 11.6 Å². The van der Waals surface area contributed by atoms with Gasteiger partial charge in [-0.2, -0.15) is 0 Å². The highest BCUT2D eigenvalue weighted by molar-refractivity contribution is 6.21. The maximum atomic E-state index is 11.9. The third kappa shape index (κ3) is 3.82. The van der Waals surface area contributed by atoms with E-state index in [1.807, 2.05) is 30.3 Å². The van der Waals surface area contributed by atoms with E-state index in [-0.39, 0.29) is 23.6 Å². The van der Waals surface area contributed by atoms with Crippen LogP contribution in [-0.2, 0) is 11.3 Å². The molecule has 0 radical (unpaired) electrons. The van der Waals surface area contributed by atoms with Gasteiger partial charge < -0.3 is 14.6 Å². The number of hydrogen-bond acceptors (Lipinski definition) is 4. The Balaban J connectivity index is 1.88. The van der Waals surface area contributed by atoms with Crippen molar-refractivity contribution in [2.24, 2.45) is 0 Å². The summed E-state index contributed by atoms with van der Waals surface area (Å²) in [6, 6.07) is 11.1. The zero-order valence-electron chi connectivity index (χ0n) is 11.0. The largest absolute Gasteiger partial charge is 0.377 e. The first kappa shape index (κ1) is 14.6. The van der Waals surface area contributed by atoms with Gasteiger partial charge in [-0.25, -0.2) is 0 Å². The summed E-state index contributed by atoms with van der Waals surface area (Å²) in [4.78, 5) is 11.9. The Bertz CT molecular complexity index is 557. The van der Waals surface area contributed by atoms with E-state index in [1.165, 1.54) is 0 Å². The van der Waals surface area contributed by atoms with Crippen LogP contribution in [-0.4, -0.2) is 24.7 Å². The van der Waals surface area contributed by atoms with Crippen LogP contribution in [0.3, 0.4) is 0 Å². The molecule has 1 aromatic heterocycles. The quantitative estimate of drug-likeness (QED) is 0.832. The number of nitrogens with zero attached hydrogens (tertiary/aromatic N) is 1. The van der Waals surface area contributed by atoms with Crippen molar-refractivity contribution in [1.29, 1.82) is 0 Å². The van der Waals surface area contributed by atoms with Gasteiger partial charge in [0.05, 0.1) is 5.38 Å². The third-order valence-electron chi connectivity index (χ3n) is 2.68. The molecule has 0 saturated heterocycles. The summed E-state index contributed by atoms with van der Waals surface area (Å²) < 4.78 is 9.84. The number of amides is 1. The van der Waals surface area contributed by atoms with E-state index in [0.717, 1.165) is 5.56 Å². The minimum atomic E-state index is -0.322. The molecule has 1 heterocycles. The van der Waals surface area contributed by atoms with E-state index in [2.05, 4.69) is 10.5 Å². The van der Waals surface area contributed by atoms with Crippen molar-refractivity contribution in [2.75, 3.05) is 13.7 Å². The van der Waals surface area contributed by atoms with E-state index in [0.29, 0.717) is 12.3 Å². The van der Waals surface area contributed by atoms with Crippen LogP contribution < -0.4 is 5.32 Å². The average molecular weight is 295 g/mol. The lowest BCUT2D eigenvalue weighted by atomic mass is 10.1. The number of rotatable bonds is 6. The molecular weight excluding hydrogens is 280 g/mol. The standard InChI is InChI=1S/C14H15ClN2O3/c1-19-9-11-7-13(17-20-11)14(18)16-8-12(15)10-5-3-2-4-6-10/h2-7,12H,8-9H2,1H3,(H,16,18). The Hall–Kier alpha value is -1.85. The predicted molar refractivity (Wildman–Crippen MR) is 74.6 cm³/mol. The second-order valence-electron chi connectivity index (χ2n) is 4.20. The summed E-state index contributed by atoms with van der Waals surface area (Å²) in [5, 5.41) is 6.11. The van der Waals surface area contributed by atoms with Crippen molar-refractivity contribution in [2.45, 2.75) is 12.0 Å². The highest BCUT2D eigenvalue weighted by Crippen LogP contribution is 2.18. The topological polar surface area (TPSA) is 64.4 Å². The molecule has 6 heteroatoms. The average Bonchev–Trinajstić information content (AvgIpc) is 2.94. The molecule has 2 aromatic rings. The highest BCUT2D eigenvalue weighted by Gasteiger charge is 2.14. The van der Waals surface area contributed by atoms with Crippen LogP contribution in [0.1, 0.15) is 27.2 Å². The Labute approximate surface area is 121 Å². The van der Waals surface area contributed by atoms with Crippen LogP contribution in [0, 0.1) is 0 Å². The highest BCUT2D eigenvalue weighted by atomic mass is 35.5. The number of ether oxygens (including phenoxy) is 1.